The number of carbonyl (C=O) groups excluding carboxylic acids is 2. The maximum Gasteiger partial charge on any atom is 0.407 e. The van der Waals surface area contributed by atoms with Crippen molar-refractivity contribution >= 4 is 12.1 Å². The van der Waals surface area contributed by atoms with Crippen LogP contribution in [0.5, 0.6) is 0 Å². The van der Waals surface area contributed by atoms with Gasteiger partial charge in [-0.3, -0.25) is 0 Å². The van der Waals surface area contributed by atoms with Crippen molar-refractivity contribution in [1.29, 1.82) is 0 Å². The van der Waals surface area contributed by atoms with E-state index in [0.717, 1.165) is 6.42 Å². The minimum atomic E-state index is -0.978. The van der Waals surface area contributed by atoms with Gasteiger partial charge in [-0.25, -0.2) is 9.59 Å². The monoisotopic (exact) mass is 187 g/mol. The van der Waals surface area contributed by atoms with Crippen LogP contribution in [0.3, 0.4) is 0 Å². The maximum absolute atomic E-state index is 11.0. The smallest absolute Gasteiger partial charge is 0.407 e. The molecule has 0 heterocycles. The standard InChI is InChI=1S/C8H13NO4/c1-3-4-6(2)7(10)12-5-13-8(9)11/h2-5H2,1H3,(H2,9,11). The van der Waals surface area contributed by atoms with E-state index >= 15 is 0 Å². The van der Waals surface area contributed by atoms with E-state index in [4.69, 9.17) is 0 Å². The number of amides is 1. The van der Waals surface area contributed by atoms with Gasteiger partial charge in [0.15, 0.2) is 0 Å². The number of esters is 1. The minimum absolute atomic E-state index is 0.357. The van der Waals surface area contributed by atoms with Gasteiger partial charge >= 0.3 is 12.1 Å². The zero-order valence-electron chi connectivity index (χ0n) is 7.54. The second kappa shape index (κ2) is 6.05. The van der Waals surface area contributed by atoms with Gasteiger partial charge in [-0.2, -0.15) is 0 Å². The number of primary amides is 1. The molecular weight excluding hydrogens is 174 g/mol. The Hall–Kier alpha value is -1.52. The van der Waals surface area contributed by atoms with E-state index in [1.165, 1.54) is 0 Å². The summed E-state index contributed by atoms with van der Waals surface area (Å²) in [5.41, 5.74) is 5.00. The topological polar surface area (TPSA) is 78.6 Å². The lowest BCUT2D eigenvalue weighted by Crippen LogP contribution is -2.18. The normalized spacial score (nSPS) is 9.00. The van der Waals surface area contributed by atoms with Crippen LogP contribution in [0.25, 0.3) is 0 Å². The molecule has 0 saturated carbocycles. The Balaban J connectivity index is 3.62. The van der Waals surface area contributed by atoms with Gasteiger partial charge in [0.2, 0.25) is 6.79 Å². The fraction of sp³-hybridized carbons (Fsp3) is 0.500. The number of nitrogens with two attached hydrogens (primary N) is 1. The molecule has 74 valence electrons. The summed E-state index contributed by atoms with van der Waals surface area (Å²) in [5.74, 6) is -0.567. The van der Waals surface area contributed by atoms with Gasteiger partial charge < -0.3 is 15.2 Å². The molecule has 5 nitrogen and oxygen atoms in total. The lowest BCUT2D eigenvalue weighted by atomic mass is 10.2. The van der Waals surface area contributed by atoms with E-state index < -0.39 is 18.9 Å². The first kappa shape index (κ1) is 11.5. The summed E-state index contributed by atoms with van der Waals surface area (Å²) < 4.78 is 8.70. The fourth-order valence-corrected chi connectivity index (χ4v) is 0.647. The second-order valence-corrected chi connectivity index (χ2v) is 2.37. The molecule has 0 unspecified atom stereocenters. The summed E-state index contributed by atoms with van der Waals surface area (Å²) in [7, 11) is 0. The van der Waals surface area contributed by atoms with Crippen LogP contribution in [-0.2, 0) is 14.3 Å². The summed E-state index contributed by atoms with van der Waals surface area (Å²) in [6, 6.07) is 0. The highest BCUT2D eigenvalue weighted by molar-refractivity contribution is 5.87. The second-order valence-electron chi connectivity index (χ2n) is 2.37. The van der Waals surface area contributed by atoms with Crippen LogP contribution < -0.4 is 5.73 Å². The van der Waals surface area contributed by atoms with Crippen LogP contribution in [0, 0.1) is 0 Å². The van der Waals surface area contributed by atoms with E-state index in [0.29, 0.717) is 12.0 Å². The summed E-state index contributed by atoms with van der Waals surface area (Å²) in [6.07, 6.45) is 0.397. The highest BCUT2D eigenvalue weighted by atomic mass is 16.7. The van der Waals surface area contributed by atoms with Gasteiger partial charge in [-0.1, -0.05) is 19.9 Å². The highest BCUT2D eigenvalue weighted by Gasteiger charge is 2.07. The molecule has 5 heteroatoms. The van der Waals surface area contributed by atoms with Crippen LogP contribution in [0.2, 0.25) is 0 Å². The molecule has 0 aliphatic carbocycles. The SMILES string of the molecule is C=C(CCC)C(=O)OCOC(N)=O. The lowest BCUT2D eigenvalue weighted by molar-refractivity contribution is -0.147. The summed E-state index contributed by atoms with van der Waals surface area (Å²) in [6.45, 7) is 4.95. The molecule has 1 amide bonds. The van der Waals surface area contributed by atoms with E-state index in [9.17, 15) is 9.59 Å². The third-order valence-corrected chi connectivity index (χ3v) is 1.23. The largest absolute Gasteiger partial charge is 0.424 e. The Morgan fingerprint density at radius 1 is 1.38 bits per heavy atom. The van der Waals surface area contributed by atoms with Crippen molar-refractivity contribution in [3.63, 3.8) is 0 Å². The number of rotatable bonds is 5. The van der Waals surface area contributed by atoms with Gasteiger partial charge in [0.1, 0.15) is 0 Å². The van der Waals surface area contributed by atoms with Crippen LogP contribution in [0.4, 0.5) is 4.79 Å². The van der Waals surface area contributed by atoms with Crippen LogP contribution >= 0.6 is 0 Å². The third-order valence-electron chi connectivity index (χ3n) is 1.23. The van der Waals surface area contributed by atoms with Crippen LogP contribution in [0.15, 0.2) is 12.2 Å². The zero-order valence-corrected chi connectivity index (χ0v) is 7.54. The van der Waals surface area contributed by atoms with E-state index in [1.54, 1.807) is 0 Å². The van der Waals surface area contributed by atoms with Gasteiger partial charge in [-0.05, 0) is 6.42 Å². The van der Waals surface area contributed by atoms with E-state index in [-0.39, 0.29) is 0 Å². The van der Waals surface area contributed by atoms with Gasteiger partial charge in [0.05, 0.1) is 0 Å². The average Bonchev–Trinajstić information content (AvgIpc) is 2.04. The van der Waals surface area contributed by atoms with Crippen molar-refractivity contribution in [3.8, 4) is 0 Å². The molecule has 0 bridgehead atoms. The van der Waals surface area contributed by atoms with Crippen LogP contribution in [0.1, 0.15) is 19.8 Å². The molecule has 0 fully saturated rings. The zero-order chi connectivity index (χ0) is 10.3. The molecule has 0 aromatic rings. The van der Waals surface area contributed by atoms with Crippen molar-refractivity contribution < 1.29 is 19.1 Å². The molecule has 0 aliphatic rings. The Kier molecular flexibility index (Phi) is 5.34. The Morgan fingerprint density at radius 2 is 2.00 bits per heavy atom. The first-order chi connectivity index (χ1) is 6.07. The van der Waals surface area contributed by atoms with Crippen molar-refractivity contribution in [2.75, 3.05) is 6.79 Å². The molecule has 0 atom stereocenters. The van der Waals surface area contributed by atoms with E-state index in [1.807, 2.05) is 6.92 Å². The number of hydrogen-bond acceptors (Lipinski definition) is 4. The third kappa shape index (κ3) is 5.72. The fourth-order valence-electron chi connectivity index (χ4n) is 0.647. The molecule has 2 N–H and O–H groups in total. The first-order valence-electron chi connectivity index (χ1n) is 3.85. The molecular formula is C8H13NO4. The molecule has 13 heavy (non-hydrogen) atoms. The van der Waals surface area contributed by atoms with Crippen molar-refractivity contribution in [3.05, 3.63) is 12.2 Å². The molecule has 0 aliphatic heterocycles. The first-order valence-corrected chi connectivity index (χ1v) is 3.85. The molecule has 0 radical (unpaired) electrons. The number of ether oxygens (including phenoxy) is 2. The summed E-state index contributed by atoms with van der Waals surface area (Å²) >= 11 is 0. The predicted octanol–water partition coefficient (Wildman–Crippen LogP) is 0.939. The number of carbonyl (C=O) groups is 2. The minimum Gasteiger partial charge on any atom is -0.424 e. The molecule has 0 aromatic carbocycles. The van der Waals surface area contributed by atoms with Gasteiger partial charge in [-0.15, -0.1) is 0 Å². The van der Waals surface area contributed by atoms with Crippen molar-refractivity contribution in [2.45, 2.75) is 19.8 Å². The molecule has 0 spiro atoms. The summed E-state index contributed by atoms with van der Waals surface area (Å²) in [4.78, 5) is 21.0. The Bertz CT molecular complexity index is 212. The maximum atomic E-state index is 11.0. The van der Waals surface area contributed by atoms with Crippen molar-refractivity contribution in [2.24, 2.45) is 5.73 Å². The number of hydrogen-bond donors (Lipinski definition) is 1. The lowest BCUT2D eigenvalue weighted by Gasteiger charge is -2.04. The van der Waals surface area contributed by atoms with Crippen molar-refractivity contribution in [1.82, 2.24) is 0 Å². The molecule has 0 saturated heterocycles. The summed E-state index contributed by atoms with van der Waals surface area (Å²) in [5, 5.41) is 0. The van der Waals surface area contributed by atoms with Gasteiger partial charge in [0, 0.05) is 5.57 Å². The Morgan fingerprint density at radius 3 is 2.46 bits per heavy atom. The molecule has 0 rings (SSSR count). The predicted molar refractivity (Wildman–Crippen MR) is 45.7 cm³/mol. The quantitative estimate of drug-likeness (QED) is 0.394. The van der Waals surface area contributed by atoms with Gasteiger partial charge in [0.25, 0.3) is 0 Å². The Labute approximate surface area is 76.5 Å². The van der Waals surface area contributed by atoms with Crippen LogP contribution in [-0.4, -0.2) is 18.9 Å². The molecule has 0 aromatic heterocycles. The van der Waals surface area contributed by atoms with E-state index in [2.05, 4.69) is 21.8 Å². The average molecular weight is 187 g/mol. The highest BCUT2D eigenvalue weighted by Crippen LogP contribution is 2.03.